The van der Waals surface area contributed by atoms with E-state index >= 15 is 0 Å². The third kappa shape index (κ3) is 3.59. The maximum Gasteiger partial charge on any atom is 0.308 e. The predicted octanol–water partition coefficient (Wildman–Crippen LogP) is 1.74. The van der Waals surface area contributed by atoms with Crippen molar-refractivity contribution in [2.75, 3.05) is 13.1 Å². The highest BCUT2D eigenvalue weighted by Gasteiger charge is 2.27. The molecular formula is C17H19N3O3. The van der Waals surface area contributed by atoms with Gasteiger partial charge in [-0.3, -0.25) is 9.59 Å². The standard InChI is InChI=1S/C17H19N3O3/c21-16(19-9-1-3-14(12-19)17(22)23)11-13-4-6-15(7-5-13)20-10-2-8-18-20/h2,4-8,10,14H,1,3,9,11-12H2,(H,22,23). The van der Waals surface area contributed by atoms with E-state index in [-0.39, 0.29) is 5.91 Å². The van der Waals surface area contributed by atoms with Gasteiger partial charge in [0, 0.05) is 25.5 Å². The highest BCUT2D eigenvalue weighted by atomic mass is 16.4. The lowest BCUT2D eigenvalue weighted by atomic mass is 9.97. The van der Waals surface area contributed by atoms with Gasteiger partial charge in [-0.15, -0.1) is 0 Å². The predicted molar refractivity (Wildman–Crippen MR) is 84.2 cm³/mol. The molecule has 1 atom stereocenters. The second kappa shape index (κ2) is 6.64. The first kappa shape index (κ1) is 15.3. The fraction of sp³-hybridized carbons (Fsp3) is 0.353. The number of hydrogen-bond acceptors (Lipinski definition) is 3. The summed E-state index contributed by atoms with van der Waals surface area (Å²) in [6.07, 6.45) is 5.27. The highest BCUT2D eigenvalue weighted by molar-refractivity contribution is 5.80. The minimum atomic E-state index is -0.814. The molecule has 6 nitrogen and oxygen atoms in total. The highest BCUT2D eigenvalue weighted by Crippen LogP contribution is 2.18. The van der Waals surface area contributed by atoms with E-state index in [1.165, 1.54) is 0 Å². The zero-order valence-corrected chi connectivity index (χ0v) is 12.8. The van der Waals surface area contributed by atoms with Crippen LogP contribution in [-0.2, 0) is 16.0 Å². The van der Waals surface area contributed by atoms with Gasteiger partial charge in [-0.1, -0.05) is 12.1 Å². The van der Waals surface area contributed by atoms with Crippen LogP contribution >= 0.6 is 0 Å². The number of benzene rings is 1. The van der Waals surface area contributed by atoms with Gasteiger partial charge in [-0.05, 0) is 36.6 Å². The van der Waals surface area contributed by atoms with E-state index in [1.54, 1.807) is 15.8 Å². The van der Waals surface area contributed by atoms with Gasteiger partial charge >= 0.3 is 5.97 Å². The SMILES string of the molecule is O=C(O)C1CCCN(C(=O)Cc2ccc(-n3cccn3)cc2)C1. The Morgan fingerprint density at radius 3 is 2.70 bits per heavy atom. The number of carbonyl (C=O) groups excluding carboxylic acids is 1. The van der Waals surface area contributed by atoms with Crippen LogP contribution in [0.25, 0.3) is 5.69 Å². The second-order valence-electron chi connectivity index (χ2n) is 5.81. The van der Waals surface area contributed by atoms with Crippen LogP contribution in [0.5, 0.6) is 0 Å². The molecule has 1 aromatic carbocycles. The zero-order chi connectivity index (χ0) is 16.2. The fourth-order valence-corrected chi connectivity index (χ4v) is 2.88. The molecule has 23 heavy (non-hydrogen) atoms. The van der Waals surface area contributed by atoms with E-state index in [9.17, 15) is 9.59 Å². The van der Waals surface area contributed by atoms with Crippen molar-refractivity contribution in [3.05, 3.63) is 48.3 Å². The molecule has 2 aromatic rings. The van der Waals surface area contributed by atoms with Crippen molar-refractivity contribution >= 4 is 11.9 Å². The number of piperidine rings is 1. The Bertz CT molecular complexity index is 680. The van der Waals surface area contributed by atoms with Crippen molar-refractivity contribution in [1.82, 2.24) is 14.7 Å². The van der Waals surface area contributed by atoms with Crippen molar-refractivity contribution < 1.29 is 14.7 Å². The number of amides is 1. The Labute approximate surface area is 134 Å². The van der Waals surface area contributed by atoms with Crippen LogP contribution in [0.3, 0.4) is 0 Å². The maximum absolute atomic E-state index is 12.4. The summed E-state index contributed by atoms with van der Waals surface area (Å²) in [6.45, 7) is 0.966. The molecule has 1 saturated heterocycles. The average molecular weight is 313 g/mol. The average Bonchev–Trinajstić information content (AvgIpc) is 3.10. The number of aromatic nitrogens is 2. The Hall–Kier alpha value is -2.63. The van der Waals surface area contributed by atoms with Gasteiger partial charge in [0.1, 0.15) is 0 Å². The number of aliphatic carboxylic acids is 1. The molecule has 0 radical (unpaired) electrons. The Kier molecular flexibility index (Phi) is 4.41. The number of carbonyl (C=O) groups is 2. The molecule has 1 aliphatic heterocycles. The lowest BCUT2D eigenvalue weighted by molar-refractivity contribution is -0.145. The molecule has 1 unspecified atom stereocenters. The third-order valence-electron chi connectivity index (χ3n) is 4.18. The minimum absolute atomic E-state index is 0.0113. The number of rotatable bonds is 4. The number of hydrogen-bond donors (Lipinski definition) is 1. The summed E-state index contributed by atoms with van der Waals surface area (Å²) < 4.78 is 1.76. The van der Waals surface area contributed by atoms with Crippen molar-refractivity contribution in [2.45, 2.75) is 19.3 Å². The van der Waals surface area contributed by atoms with E-state index in [2.05, 4.69) is 5.10 Å². The minimum Gasteiger partial charge on any atom is -0.481 e. The first-order chi connectivity index (χ1) is 11.1. The van der Waals surface area contributed by atoms with E-state index in [0.717, 1.165) is 17.7 Å². The lowest BCUT2D eigenvalue weighted by Gasteiger charge is -2.30. The van der Waals surface area contributed by atoms with Crippen LogP contribution in [0.15, 0.2) is 42.7 Å². The number of carboxylic acid groups (broad SMARTS) is 1. The van der Waals surface area contributed by atoms with Crippen molar-refractivity contribution in [2.24, 2.45) is 5.92 Å². The van der Waals surface area contributed by atoms with Gasteiger partial charge in [-0.25, -0.2) is 4.68 Å². The quantitative estimate of drug-likeness (QED) is 0.933. The summed E-state index contributed by atoms with van der Waals surface area (Å²) in [5, 5.41) is 13.3. The summed E-state index contributed by atoms with van der Waals surface area (Å²) in [5.41, 5.74) is 1.86. The molecular weight excluding hydrogens is 294 g/mol. The molecule has 0 bridgehead atoms. The van der Waals surface area contributed by atoms with Crippen LogP contribution in [0, 0.1) is 5.92 Å². The Balaban J connectivity index is 1.62. The van der Waals surface area contributed by atoms with Gasteiger partial charge in [0.2, 0.25) is 5.91 Å². The van der Waals surface area contributed by atoms with Gasteiger partial charge < -0.3 is 10.0 Å². The van der Waals surface area contributed by atoms with Crippen molar-refractivity contribution in [3.63, 3.8) is 0 Å². The lowest BCUT2D eigenvalue weighted by Crippen LogP contribution is -2.42. The molecule has 6 heteroatoms. The second-order valence-corrected chi connectivity index (χ2v) is 5.81. The van der Waals surface area contributed by atoms with E-state index < -0.39 is 11.9 Å². The maximum atomic E-state index is 12.4. The van der Waals surface area contributed by atoms with Crippen LogP contribution in [0.2, 0.25) is 0 Å². The van der Waals surface area contributed by atoms with Gasteiger partial charge in [0.05, 0.1) is 18.0 Å². The van der Waals surface area contributed by atoms with Crippen LogP contribution in [-0.4, -0.2) is 44.8 Å². The van der Waals surface area contributed by atoms with E-state index in [0.29, 0.717) is 25.9 Å². The molecule has 1 amide bonds. The van der Waals surface area contributed by atoms with Crippen LogP contribution in [0.4, 0.5) is 0 Å². The van der Waals surface area contributed by atoms with Gasteiger partial charge in [0.15, 0.2) is 0 Å². The monoisotopic (exact) mass is 313 g/mol. The number of likely N-dealkylation sites (tertiary alicyclic amines) is 1. The molecule has 0 spiro atoms. The Morgan fingerprint density at radius 1 is 1.26 bits per heavy atom. The molecule has 0 saturated carbocycles. The number of nitrogens with zero attached hydrogens (tertiary/aromatic N) is 3. The van der Waals surface area contributed by atoms with E-state index in [4.69, 9.17) is 5.11 Å². The third-order valence-corrected chi connectivity index (χ3v) is 4.18. The van der Waals surface area contributed by atoms with Gasteiger partial charge in [0.25, 0.3) is 0 Å². The Morgan fingerprint density at radius 2 is 2.04 bits per heavy atom. The largest absolute Gasteiger partial charge is 0.481 e. The molecule has 2 heterocycles. The van der Waals surface area contributed by atoms with Crippen LogP contribution < -0.4 is 0 Å². The summed E-state index contributed by atoms with van der Waals surface area (Å²) in [7, 11) is 0. The first-order valence-corrected chi connectivity index (χ1v) is 7.73. The molecule has 1 fully saturated rings. The molecule has 0 aliphatic carbocycles. The molecule has 1 aromatic heterocycles. The zero-order valence-electron chi connectivity index (χ0n) is 12.8. The van der Waals surface area contributed by atoms with Crippen molar-refractivity contribution in [3.8, 4) is 5.69 Å². The van der Waals surface area contributed by atoms with E-state index in [1.807, 2.05) is 36.5 Å². The van der Waals surface area contributed by atoms with Crippen LogP contribution in [0.1, 0.15) is 18.4 Å². The summed E-state index contributed by atoms with van der Waals surface area (Å²) in [5.74, 6) is -1.26. The fourth-order valence-electron chi connectivity index (χ4n) is 2.88. The summed E-state index contributed by atoms with van der Waals surface area (Å²) in [4.78, 5) is 25.1. The molecule has 1 N–H and O–H groups in total. The summed E-state index contributed by atoms with van der Waals surface area (Å²) in [6, 6.07) is 9.52. The number of carboxylic acids is 1. The molecule has 1 aliphatic rings. The topological polar surface area (TPSA) is 75.4 Å². The van der Waals surface area contributed by atoms with Crippen molar-refractivity contribution in [1.29, 1.82) is 0 Å². The summed E-state index contributed by atoms with van der Waals surface area (Å²) >= 11 is 0. The first-order valence-electron chi connectivity index (χ1n) is 7.73. The van der Waals surface area contributed by atoms with Gasteiger partial charge in [-0.2, -0.15) is 5.10 Å². The normalized spacial score (nSPS) is 17.9. The smallest absolute Gasteiger partial charge is 0.308 e. The molecule has 3 rings (SSSR count). The molecule has 120 valence electrons.